The molecule has 2 rings (SSSR count). The van der Waals surface area contributed by atoms with Crippen LogP contribution in [-0.4, -0.2) is 21.9 Å². The fourth-order valence-corrected chi connectivity index (χ4v) is 2.41. The second kappa shape index (κ2) is 6.93. The number of aryl methyl sites for hydroxylation is 1. The number of rotatable bonds is 6. The maximum Gasteiger partial charge on any atom is 0.220 e. The first-order chi connectivity index (χ1) is 10.1. The monoisotopic (exact) mass is 282 g/mol. The second-order valence-corrected chi connectivity index (χ2v) is 5.30. The van der Waals surface area contributed by atoms with Gasteiger partial charge in [0.25, 0.3) is 0 Å². The van der Waals surface area contributed by atoms with E-state index in [0.717, 1.165) is 12.2 Å². The number of carbonyl (C=O) groups is 1. The molecule has 0 spiro atoms. The summed E-state index contributed by atoms with van der Waals surface area (Å²) in [6.07, 6.45) is 3.82. The van der Waals surface area contributed by atoms with E-state index in [-0.39, 0.29) is 5.91 Å². The lowest BCUT2D eigenvalue weighted by atomic mass is 10.1. The number of hydrogen-bond acceptors (Lipinski definition) is 1. The normalized spacial score (nSPS) is 10.4. The van der Waals surface area contributed by atoms with Crippen molar-refractivity contribution in [2.45, 2.75) is 26.9 Å². The molecule has 0 unspecified atom stereocenters. The van der Waals surface area contributed by atoms with Crippen LogP contribution in [0.5, 0.6) is 0 Å². The number of carbonyl (C=O) groups excluding carboxylic acids is 1. The zero-order valence-corrected chi connectivity index (χ0v) is 12.7. The molecular formula is C18H22N2O. The number of benzene rings is 1. The highest BCUT2D eigenvalue weighted by Gasteiger charge is 2.10. The third-order valence-corrected chi connectivity index (χ3v) is 3.51. The van der Waals surface area contributed by atoms with Gasteiger partial charge in [0.05, 0.1) is 6.54 Å². The average molecular weight is 282 g/mol. The van der Waals surface area contributed by atoms with Gasteiger partial charge >= 0.3 is 0 Å². The summed E-state index contributed by atoms with van der Waals surface area (Å²) in [6.45, 7) is 9.41. The van der Waals surface area contributed by atoms with E-state index >= 15 is 0 Å². The van der Waals surface area contributed by atoms with Gasteiger partial charge in [-0.2, -0.15) is 0 Å². The Kier molecular flexibility index (Phi) is 4.99. The molecule has 21 heavy (non-hydrogen) atoms. The molecule has 0 fully saturated rings. The van der Waals surface area contributed by atoms with Crippen LogP contribution in [0.3, 0.4) is 0 Å². The predicted octanol–water partition coefficient (Wildman–Crippen LogP) is 3.38. The van der Waals surface area contributed by atoms with E-state index in [0.29, 0.717) is 13.1 Å². The minimum atomic E-state index is 0.0678. The van der Waals surface area contributed by atoms with E-state index in [9.17, 15) is 4.79 Å². The highest BCUT2D eigenvalue weighted by atomic mass is 16.2. The Morgan fingerprint density at radius 1 is 1.33 bits per heavy atom. The molecule has 1 amide bonds. The summed E-state index contributed by atoms with van der Waals surface area (Å²) in [4.78, 5) is 13.4. The van der Waals surface area contributed by atoms with E-state index in [4.69, 9.17) is 0 Å². The zero-order valence-electron chi connectivity index (χ0n) is 12.7. The first-order valence-corrected chi connectivity index (χ1v) is 7.16. The number of amides is 1. The first-order valence-electron chi connectivity index (χ1n) is 7.16. The predicted molar refractivity (Wildman–Crippen MR) is 86.0 cm³/mol. The quantitative estimate of drug-likeness (QED) is 0.746. The maximum absolute atomic E-state index is 11.6. The van der Waals surface area contributed by atoms with E-state index in [1.165, 1.54) is 11.1 Å². The minimum absolute atomic E-state index is 0.0678. The van der Waals surface area contributed by atoms with Crippen molar-refractivity contribution >= 4 is 5.91 Å². The van der Waals surface area contributed by atoms with Gasteiger partial charge in [-0.3, -0.25) is 4.79 Å². The van der Waals surface area contributed by atoms with Crippen molar-refractivity contribution in [1.29, 1.82) is 0 Å². The second-order valence-electron chi connectivity index (χ2n) is 5.30. The Hall–Kier alpha value is -2.29. The molecular weight excluding hydrogens is 260 g/mol. The van der Waals surface area contributed by atoms with Crippen molar-refractivity contribution < 1.29 is 4.79 Å². The lowest BCUT2D eigenvalue weighted by Crippen LogP contribution is -2.29. The Morgan fingerprint density at radius 2 is 2.14 bits per heavy atom. The summed E-state index contributed by atoms with van der Waals surface area (Å²) in [6, 6.07) is 12.6. The molecule has 0 atom stereocenters. The first kappa shape index (κ1) is 15.1. The SMILES string of the molecule is C=CCN(Cc1cccn1Cc1cccc(C)c1)C(C)=O. The lowest BCUT2D eigenvalue weighted by molar-refractivity contribution is -0.128. The number of hydrogen-bond donors (Lipinski definition) is 0. The van der Waals surface area contributed by atoms with Crippen molar-refractivity contribution in [1.82, 2.24) is 9.47 Å². The molecule has 0 radical (unpaired) electrons. The fourth-order valence-electron chi connectivity index (χ4n) is 2.41. The molecule has 0 bridgehead atoms. The third-order valence-electron chi connectivity index (χ3n) is 3.51. The van der Waals surface area contributed by atoms with Gasteiger partial charge < -0.3 is 9.47 Å². The van der Waals surface area contributed by atoms with E-state index in [2.05, 4.69) is 54.6 Å². The fraction of sp³-hybridized carbons (Fsp3) is 0.278. The van der Waals surface area contributed by atoms with Gasteiger partial charge in [0.15, 0.2) is 0 Å². The molecule has 0 saturated heterocycles. The Balaban J connectivity index is 2.14. The summed E-state index contributed by atoms with van der Waals surface area (Å²) in [5.41, 5.74) is 3.66. The van der Waals surface area contributed by atoms with Crippen LogP contribution in [0.25, 0.3) is 0 Å². The molecule has 1 heterocycles. The van der Waals surface area contributed by atoms with Crippen LogP contribution in [0.4, 0.5) is 0 Å². The van der Waals surface area contributed by atoms with Crippen molar-refractivity contribution in [2.24, 2.45) is 0 Å². The van der Waals surface area contributed by atoms with Gasteiger partial charge in [0.1, 0.15) is 0 Å². The minimum Gasteiger partial charge on any atom is -0.345 e. The molecule has 0 N–H and O–H groups in total. The largest absolute Gasteiger partial charge is 0.345 e. The lowest BCUT2D eigenvalue weighted by Gasteiger charge is -2.20. The summed E-state index contributed by atoms with van der Waals surface area (Å²) < 4.78 is 2.19. The van der Waals surface area contributed by atoms with Crippen molar-refractivity contribution in [2.75, 3.05) is 6.54 Å². The molecule has 3 heteroatoms. The van der Waals surface area contributed by atoms with Crippen LogP contribution < -0.4 is 0 Å². The van der Waals surface area contributed by atoms with Gasteiger partial charge in [-0.05, 0) is 24.6 Å². The Labute approximate surface area is 126 Å². The van der Waals surface area contributed by atoms with Gasteiger partial charge in [-0.15, -0.1) is 6.58 Å². The molecule has 0 saturated carbocycles. The van der Waals surface area contributed by atoms with Crippen LogP contribution in [-0.2, 0) is 17.9 Å². The van der Waals surface area contributed by atoms with E-state index in [1.54, 1.807) is 17.9 Å². The average Bonchev–Trinajstić information content (AvgIpc) is 2.85. The van der Waals surface area contributed by atoms with Crippen molar-refractivity contribution in [3.8, 4) is 0 Å². The highest BCUT2D eigenvalue weighted by molar-refractivity contribution is 5.73. The van der Waals surface area contributed by atoms with Crippen molar-refractivity contribution in [3.63, 3.8) is 0 Å². The number of aromatic nitrogens is 1. The molecule has 1 aromatic carbocycles. The summed E-state index contributed by atoms with van der Waals surface area (Å²) in [5.74, 6) is 0.0678. The summed E-state index contributed by atoms with van der Waals surface area (Å²) >= 11 is 0. The van der Waals surface area contributed by atoms with Crippen molar-refractivity contribution in [3.05, 3.63) is 72.1 Å². The van der Waals surface area contributed by atoms with Gasteiger partial charge in [-0.1, -0.05) is 35.9 Å². The van der Waals surface area contributed by atoms with Gasteiger partial charge in [0.2, 0.25) is 5.91 Å². The van der Waals surface area contributed by atoms with Crippen LogP contribution in [0.1, 0.15) is 23.7 Å². The summed E-state index contributed by atoms with van der Waals surface area (Å²) in [5, 5.41) is 0. The smallest absolute Gasteiger partial charge is 0.220 e. The highest BCUT2D eigenvalue weighted by Crippen LogP contribution is 2.12. The van der Waals surface area contributed by atoms with E-state index < -0.39 is 0 Å². The van der Waals surface area contributed by atoms with E-state index in [1.807, 2.05) is 6.07 Å². The Bertz CT molecular complexity index is 628. The standard InChI is InChI=1S/C18H22N2O/c1-4-10-19(16(3)21)14-18-9-6-11-20(18)13-17-8-5-7-15(2)12-17/h4-9,11-12H,1,10,13-14H2,2-3H3. The van der Waals surface area contributed by atoms with Crippen LogP contribution in [0, 0.1) is 6.92 Å². The molecule has 0 aliphatic carbocycles. The number of nitrogens with zero attached hydrogens (tertiary/aromatic N) is 2. The third kappa shape index (κ3) is 4.09. The maximum atomic E-state index is 11.6. The molecule has 0 aliphatic rings. The van der Waals surface area contributed by atoms with Crippen LogP contribution >= 0.6 is 0 Å². The zero-order chi connectivity index (χ0) is 15.2. The van der Waals surface area contributed by atoms with Gasteiger partial charge in [-0.25, -0.2) is 0 Å². The topological polar surface area (TPSA) is 25.2 Å². The molecule has 3 nitrogen and oxygen atoms in total. The molecule has 0 aliphatic heterocycles. The molecule has 110 valence electrons. The summed E-state index contributed by atoms with van der Waals surface area (Å²) in [7, 11) is 0. The molecule has 2 aromatic rings. The van der Waals surface area contributed by atoms with Crippen LogP contribution in [0.2, 0.25) is 0 Å². The Morgan fingerprint density at radius 3 is 2.81 bits per heavy atom. The van der Waals surface area contributed by atoms with Crippen LogP contribution in [0.15, 0.2) is 55.3 Å². The molecule has 1 aromatic heterocycles. The van der Waals surface area contributed by atoms with Gasteiger partial charge in [0, 0.05) is 31.9 Å².